The van der Waals surface area contributed by atoms with Crippen molar-refractivity contribution in [1.29, 1.82) is 0 Å². The number of ether oxygens (including phenoxy) is 1. The second-order valence-electron chi connectivity index (χ2n) is 13.9. The zero-order valence-corrected chi connectivity index (χ0v) is 41.2. The molecule has 7 unspecified atom stereocenters. The van der Waals surface area contributed by atoms with Gasteiger partial charge >= 0.3 is 53.3 Å². The van der Waals surface area contributed by atoms with Gasteiger partial charge in [0, 0.05) is 40.2 Å². The smallest absolute Gasteiger partial charge is 0.414 e. The fourth-order valence-corrected chi connectivity index (χ4v) is 36.2. The van der Waals surface area contributed by atoms with Crippen LogP contribution >= 0.6 is 0 Å². The quantitative estimate of drug-likeness (QED) is 0.0980. The lowest BCUT2D eigenvalue weighted by Crippen LogP contribution is -2.84. The Morgan fingerprint density at radius 2 is 0.839 bits per heavy atom. The average Bonchev–Trinajstić information content (AvgIpc) is 3.38. The maximum Gasteiger partial charge on any atom is 0.558 e. The molecule has 22 heteroatoms. The molecular weight excluding hydrogens is 917 g/mol. The molecule has 15 nitrogen and oxygen atoms in total. The summed E-state index contributed by atoms with van der Waals surface area (Å²) in [6.45, 7) is 1.90. The van der Waals surface area contributed by atoms with E-state index in [-0.39, 0.29) is 11.4 Å². The first-order chi connectivity index (χ1) is 30.2. The molecule has 0 saturated carbocycles. The van der Waals surface area contributed by atoms with Crippen molar-refractivity contribution in [3.63, 3.8) is 0 Å². The molecule has 0 radical (unpaired) electrons. The fourth-order valence-electron chi connectivity index (χ4n) is 6.77. The van der Waals surface area contributed by atoms with Gasteiger partial charge in [0.15, 0.2) is 9.04 Å². The average molecular weight is 963 g/mol. The van der Waals surface area contributed by atoms with E-state index in [9.17, 15) is 15.8 Å². The fraction of sp³-hybridized carbons (Fsp3) is 0.100. The number of fused-ring (bicyclic) bond motifs is 2. The summed E-state index contributed by atoms with van der Waals surface area (Å²) in [6.07, 6.45) is -0.0459. The normalized spacial score (nSPS) is 28.1. The summed E-state index contributed by atoms with van der Waals surface area (Å²) in [7, 11) is -26.6. The van der Waals surface area contributed by atoms with Gasteiger partial charge < -0.3 is 38.0 Å². The van der Waals surface area contributed by atoms with Crippen molar-refractivity contribution < 1.29 is 67.5 Å². The molecule has 7 atom stereocenters. The molecule has 62 heavy (non-hydrogen) atoms. The first kappa shape index (κ1) is 46.2. The Morgan fingerprint density at radius 1 is 0.468 bits per heavy atom. The third-order valence-corrected chi connectivity index (χ3v) is 33.5. The summed E-state index contributed by atoms with van der Waals surface area (Å²) in [5, 5.41) is 35.6. The Balaban J connectivity index is 0.00000187. The van der Waals surface area contributed by atoms with Gasteiger partial charge in [0.2, 0.25) is 0 Å². The predicted molar refractivity (Wildman–Crippen MR) is 243 cm³/mol. The number of benzene rings is 6. The molecule has 0 spiro atoms. The van der Waals surface area contributed by atoms with Crippen LogP contribution in [0.2, 0.25) is 6.55 Å². The van der Waals surface area contributed by atoms with Crippen molar-refractivity contribution in [2.24, 2.45) is 0 Å². The van der Waals surface area contributed by atoms with Crippen LogP contribution in [-0.2, 0) is 51.7 Å². The molecule has 2 aliphatic heterocycles. The summed E-state index contributed by atoms with van der Waals surface area (Å²) >= 11 is 0. The third kappa shape index (κ3) is 9.81. The minimum Gasteiger partial charge on any atom is -0.414 e. The molecule has 2 heterocycles. The minimum absolute atomic E-state index is 0.0459. The summed E-state index contributed by atoms with van der Waals surface area (Å²) in [5.74, 6) is 0. The topological polar surface area (TPSA) is 171 Å². The van der Waals surface area contributed by atoms with Gasteiger partial charge in [-0.05, 0) is 11.7 Å². The highest BCUT2D eigenvalue weighted by molar-refractivity contribution is 7.05. The third-order valence-electron chi connectivity index (χ3n) is 9.51. The van der Waals surface area contributed by atoms with E-state index in [1.54, 1.807) is 142 Å². The molecule has 8 rings (SSSR count). The van der Waals surface area contributed by atoms with Gasteiger partial charge in [0.1, 0.15) is 0 Å². The lowest BCUT2D eigenvalue weighted by atomic mass is 10.4. The van der Waals surface area contributed by atoms with E-state index < -0.39 is 62.3 Å². The second kappa shape index (κ2) is 20.8. The Hall–Kier alpha value is -3.76. The Kier molecular flexibility index (Phi) is 15.5. The number of rotatable bonds is 11. The molecule has 6 aromatic rings. The van der Waals surface area contributed by atoms with Crippen LogP contribution < -0.4 is 31.1 Å². The Morgan fingerprint density at radius 3 is 1.29 bits per heavy atom. The van der Waals surface area contributed by atoms with Gasteiger partial charge in [-0.3, -0.25) is 20.3 Å². The molecule has 3 N–H and O–H groups in total. The van der Waals surface area contributed by atoms with Gasteiger partial charge in [0.05, 0.1) is 6.23 Å². The van der Waals surface area contributed by atoms with Crippen molar-refractivity contribution in [1.82, 2.24) is 0 Å². The lowest BCUT2D eigenvalue weighted by Gasteiger charge is -2.50. The molecular formula is C40H46O15Si7. The molecule has 2 saturated heterocycles. The van der Waals surface area contributed by atoms with Crippen molar-refractivity contribution >= 4 is 93.5 Å². The minimum atomic E-state index is -4.96. The summed E-state index contributed by atoms with van der Waals surface area (Å²) in [6, 6.07) is 53.1. The highest BCUT2D eigenvalue weighted by Gasteiger charge is 2.74. The number of hydrogen-bond donors (Lipinski definition) is 3. The van der Waals surface area contributed by atoms with Crippen LogP contribution in [0, 0.1) is 0 Å². The molecule has 2 fully saturated rings. The maximum atomic E-state index is 11.5. The molecule has 2 bridgehead atoms. The Bertz CT molecular complexity index is 2280. The van der Waals surface area contributed by atoms with E-state index in [2.05, 4.69) is 4.74 Å². The van der Waals surface area contributed by atoms with Crippen LogP contribution in [-0.4, -0.2) is 98.6 Å². The van der Waals surface area contributed by atoms with E-state index in [0.717, 1.165) is 0 Å². The predicted octanol–water partition coefficient (Wildman–Crippen LogP) is 2.13. The van der Waals surface area contributed by atoms with Gasteiger partial charge in [-0.1, -0.05) is 182 Å². The maximum absolute atomic E-state index is 11.5. The van der Waals surface area contributed by atoms with Crippen LogP contribution in [0.4, 0.5) is 0 Å². The first-order valence-corrected chi connectivity index (χ1v) is 32.0. The standard InChI is InChI=1S/C38H40O14Si7.C2H6O/c1-53-32-42-55(44-40,34-22-10-3-11-23-34)48-59(38-30-18-7-19-31-38)50-56(45-41,35-24-12-4-13-25-35)49-58(37-28-16-6-17-29-37,47-54(43-39)33-20-8-2-9-21-33)51-57(46-53,52-59)36-26-14-5-15-27-36;1-3-2/h2-31,39-41,53-54H,32H2,1H3;1-2H3. The zero-order chi connectivity index (χ0) is 43.5. The zero-order valence-electron chi connectivity index (χ0n) is 33.9. The van der Waals surface area contributed by atoms with E-state index >= 15 is 0 Å². The molecule has 0 amide bonds. The van der Waals surface area contributed by atoms with Gasteiger partial charge in [-0.25, -0.2) is 9.15 Å². The summed E-state index contributed by atoms with van der Waals surface area (Å²) in [4.78, 5) is 0. The van der Waals surface area contributed by atoms with E-state index in [0.29, 0.717) is 25.9 Å². The van der Waals surface area contributed by atoms with Crippen LogP contribution in [0.25, 0.3) is 0 Å². The van der Waals surface area contributed by atoms with Gasteiger partial charge in [0.25, 0.3) is 0 Å². The van der Waals surface area contributed by atoms with Crippen LogP contribution in [0.3, 0.4) is 0 Å². The van der Waals surface area contributed by atoms with Crippen LogP contribution in [0.15, 0.2) is 182 Å². The number of methoxy groups -OCH3 is 1. The number of hydrogen-bond acceptors (Lipinski definition) is 15. The van der Waals surface area contributed by atoms with Gasteiger partial charge in [-0.15, -0.1) is 0 Å². The lowest BCUT2D eigenvalue weighted by molar-refractivity contribution is -0.191. The van der Waals surface area contributed by atoms with E-state index in [4.69, 9.17) is 47.0 Å². The molecule has 0 aliphatic carbocycles. The summed E-state index contributed by atoms with van der Waals surface area (Å²) in [5.41, 5.74) is 0. The van der Waals surface area contributed by atoms with Crippen LogP contribution in [0.1, 0.15) is 0 Å². The van der Waals surface area contributed by atoms with Crippen LogP contribution in [0.5, 0.6) is 0 Å². The largest absolute Gasteiger partial charge is 0.558 e. The Labute approximate surface area is 368 Å². The van der Waals surface area contributed by atoms with Gasteiger partial charge in [-0.2, -0.15) is 0 Å². The SMILES string of the molecule is COC.C[SiH]1CO[Si](OO)(c2ccccc2)O[Si]2(c3ccccc3)O[Si](OO)(c3ccccc3)O[Si](O[SiH](OO)c3ccccc3)(c3ccccc3)O[Si](c3ccccc3)(O1)O2. The highest BCUT2D eigenvalue weighted by Crippen LogP contribution is 2.36. The molecule has 0 aromatic heterocycles. The molecule has 2 aliphatic rings. The van der Waals surface area contributed by atoms with E-state index in [1.807, 2.05) is 61.1 Å². The van der Waals surface area contributed by atoms with Crippen molar-refractivity contribution in [2.45, 2.75) is 6.55 Å². The second-order valence-corrected chi connectivity index (χ2v) is 32.5. The van der Waals surface area contributed by atoms with E-state index in [1.165, 1.54) is 0 Å². The van der Waals surface area contributed by atoms with Crippen molar-refractivity contribution in [3.05, 3.63) is 182 Å². The first-order valence-electron chi connectivity index (χ1n) is 19.4. The summed E-state index contributed by atoms with van der Waals surface area (Å²) < 4.78 is 78.6. The van der Waals surface area contributed by atoms with Crippen molar-refractivity contribution in [3.8, 4) is 0 Å². The van der Waals surface area contributed by atoms with Crippen molar-refractivity contribution in [2.75, 3.05) is 20.4 Å². The molecule has 6 aromatic carbocycles. The molecule has 324 valence electrons. The highest BCUT2D eigenvalue weighted by atomic mass is 28.6. The monoisotopic (exact) mass is 962 g/mol.